The van der Waals surface area contributed by atoms with Crippen molar-refractivity contribution in [2.75, 3.05) is 0 Å². The van der Waals surface area contributed by atoms with Crippen molar-refractivity contribution in [1.82, 2.24) is 0 Å². The maximum absolute atomic E-state index is 11.7. The molecule has 0 saturated heterocycles. The van der Waals surface area contributed by atoms with Crippen molar-refractivity contribution < 1.29 is 9.53 Å². The van der Waals surface area contributed by atoms with Gasteiger partial charge in [0.1, 0.15) is 6.10 Å². The van der Waals surface area contributed by atoms with Gasteiger partial charge in [0.25, 0.3) is 0 Å². The molecule has 0 aromatic rings. The van der Waals surface area contributed by atoms with E-state index in [1.54, 1.807) is 0 Å². The smallest absolute Gasteiger partial charge is 0.333 e. The van der Waals surface area contributed by atoms with E-state index < -0.39 is 0 Å². The fourth-order valence-electron chi connectivity index (χ4n) is 1.95. The van der Waals surface area contributed by atoms with E-state index >= 15 is 0 Å². The van der Waals surface area contributed by atoms with Gasteiger partial charge in [0, 0.05) is 5.57 Å². The largest absolute Gasteiger partial charge is 0.459 e. The summed E-state index contributed by atoms with van der Waals surface area (Å²) in [5.74, 6) is 0.477. The van der Waals surface area contributed by atoms with Crippen LogP contribution in [0.5, 0.6) is 0 Å². The van der Waals surface area contributed by atoms with Gasteiger partial charge in [-0.1, -0.05) is 19.4 Å². The van der Waals surface area contributed by atoms with Crippen molar-refractivity contribution in [2.45, 2.75) is 59.5 Å². The lowest BCUT2D eigenvalue weighted by Crippen LogP contribution is -2.23. The fourth-order valence-corrected chi connectivity index (χ4v) is 1.95. The fraction of sp³-hybridized carbons (Fsp3) is 0.769. The minimum atomic E-state index is -0.113. The Morgan fingerprint density at radius 2 is 2.07 bits per heavy atom. The van der Waals surface area contributed by atoms with Crippen molar-refractivity contribution in [1.29, 1.82) is 0 Å². The summed E-state index contributed by atoms with van der Waals surface area (Å²) in [6, 6.07) is 0. The minimum Gasteiger partial charge on any atom is -0.459 e. The predicted molar refractivity (Wildman–Crippen MR) is 61.6 cm³/mol. The summed E-state index contributed by atoms with van der Waals surface area (Å²) in [6.45, 7) is 8.23. The molecule has 0 aromatic carbocycles. The summed E-state index contributed by atoms with van der Waals surface area (Å²) in [5, 5.41) is 0. The molecule has 0 radical (unpaired) electrons. The monoisotopic (exact) mass is 210 g/mol. The highest BCUT2D eigenvalue weighted by molar-refractivity contribution is 5.88. The lowest BCUT2D eigenvalue weighted by atomic mass is 9.97. The molecule has 1 heterocycles. The van der Waals surface area contributed by atoms with E-state index in [1.807, 2.05) is 13.8 Å². The van der Waals surface area contributed by atoms with E-state index in [-0.39, 0.29) is 12.1 Å². The van der Waals surface area contributed by atoms with Gasteiger partial charge in [-0.15, -0.1) is 0 Å². The molecule has 0 saturated carbocycles. The highest BCUT2D eigenvalue weighted by Crippen LogP contribution is 2.23. The molecule has 1 aliphatic heterocycles. The summed E-state index contributed by atoms with van der Waals surface area (Å²) >= 11 is 0. The third-order valence-electron chi connectivity index (χ3n) is 3.03. The molecule has 1 rings (SSSR count). The molecular formula is C13H22O2. The van der Waals surface area contributed by atoms with Gasteiger partial charge in [0.15, 0.2) is 0 Å². The van der Waals surface area contributed by atoms with E-state index in [1.165, 1.54) is 5.57 Å². The molecule has 86 valence electrons. The molecule has 2 heteroatoms. The average molecular weight is 210 g/mol. The Morgan fingerprint density at radius 1 is 1.40 bits per heavy atom. The first-order valence-corrected chi connectivity index (χ1v) is 5.88. The average Bonchev–Trinajstić information content (AvgIpc) is 2.13. The highest BCUT2D eigenvalue weighted by Gasteiger charge is 2.20. The lowest BCUT2D eigenvalue weighted by Gasteiger charge is -2.23. The molecule has 1 aliphatic rings. The highest BCUT2D eigenvalue weighted by atomic mass is 16.5. The summed E-state index contributed by atoms with van der Waals surface area (Å²) < 4.78 is 5.49. The van der Waals surface area contributed by atoms with E-state index in [9.17, 15) is 4.79 Å². The van der Waals surface area contributed by atoms with Gasteiger partial charge in [-0.2, -0.15) is 0 Å². The zero-order valence-corrected chi connectivity index (χ0v) is 10.3. The Balaban J connectivity index is 2.66. The zero-order valence-electron chi connectivity index (χ0n) is 10.3. The molecule has 15 heavy (non-hydrogen) atoms. The van der Waals surface area contributed by atoms with Crippen LogP contribution in [0.25, 0.3) is 0 Å². The first-order chi connectivity index (χ1) is 7.00. The molecule has 0 amide bonds. The SMILES string of the molecule is C/C1=C(\C)C(=O)OC(CC(C)C)CCC1. The Labute approximate surface area is 92.7 Å². The first-order valence-electron chi connectivity index (χ1n) is 5.88. The van der Waals surface area contributed by atoms with Gasteiger partial charge in [-0.25, -0.2) is 4.79 Å². The van der Waals surface area contributed by atoms with Gasteiger partial charge >= 0.3 is 5.97 Å². The normalized spacial score (nSPS) is 28.6. The second-order valence-corrected chi connectivity index (χ2v) is 4.95. The van der Waals surface area contributed by atoms with Crippen molar-refractivity contribution in [2.24, 2.45) is 5.92 Å². The summed E-state index contributed by atoms with van der Waals surface area (Å²) in [6.07, 6.45) is 4.29. The van der Waals surface area contributed by atoms with Crippen molar-refractivity contribution in [3.05, 3.63) is 11.1 Å². The third kappa shape index (κ3) is 3.69. The van der Waals surface area contributed by atoms with Crippen molar-refractivity contribution in [3.8, 4) is 0 Å². The van der Waals surface area contributed by atoms with Crippen LogP contribution < -0.4 is 0 Å². The second kappa shape index (κ2) is 5.34. The molecule has 0 aliphatic carbocycles. The van der Waals surface area contributed by atoms with E-state index in [0.717, 1.165) is 31.3 Å². The van der Waals surface area contributed by atoms with Gasteiger partial charge in [0.05, 0.1) is 0 Å². The maximum atomic E-state index is 11.7. The Kier molecular flexibility index (Phi) is 4.37. The minimum absolute atomic E-state index is 0.113. The number of hydrogen-bond acceptors (Lipinski definition) is 2. The van der Waals surface area contributed by atoms with Crippen LogP contribution in [0, 0.1) is 5.92 Å². The van der Waals surface area contributed by atoms with Crippen LogP contribution >= 0.6 is 0 Å². The van der Waals surface area contributed by atoms with Crippen LogP contribution in [0.15, 0.2) is 11.1 Å². The van der Waals surface area contributed by atoms with Gasteiger partial charge in [-0.05, 0) is 45.4 Å². The topological polar surface area (TPSA) is 26.3 Å². The van der Waals surface area contributed by atoms with Gasteiger partial charge in [-0.3, -0.25) is 0 Å². The van der Waals surface area contributed by atoms with Crippen LogP contribution in [0.1, 0.15) is 53.4 Å². The second-order valence-electron chi connectivity index (χ2n) is 4.95. The lowest BCUT2D eigenvalue weighted by molar-refractivity contribution is -0.145. The van der Waals surface area contributed by atoms with Crippen LogP contribution in [0.2, 0.25) is 0 Å². The summed E-state index contributed by atoms with van der Waals surface area (Å²) in [5.41, 5.74) is 1.99. The molecule has 0 spiro atoms. The number of allylic oxidation sites excluding steroid dienone is 1. The number of carbonyl (C=O) groups is 1. The van der Waals surface area contributed by atoms with Crippen molar-refractivity contribution >= 4 is 5.97 Å². The van der Waals surface area contributed by atoms with Crippen LogP contribution in [0.4, 0.5) is 0 Å². The number of ether oxygens (including phenoxy) is 1. The quantitative estimate of drug-likeness (QED) is 0.652. The number of esters is 1. The van der Waals surface area contributed by atoms with E-state index in [4.69, 9.17) is 4.74 Å². The molecule has 0 bridgehead atoms. The van der Waals surface area contributed by atoms with Crippen molar-refractivity contribution in [3.63, 3.8) is 0 Å². The van der Waals surface area contributed by atoms with E-state index in [0.29, 0.717) is 5.92 Å². The van der Waals surface area contributed by atoms with Gasteiger partial charge < -0.3 is 4.74 Å². The maximum Gasteiger partial charge on any atom is 0.333 e. The Morgan fingerprint density at radius 3 is 2.67 bits per heavy atom. The number of carbonyl (C=O) groups excluding carboxylic acids is 1. The predicted octanol–water partition coefficient (Wildman–Crippen LogP) is 3.46. The third-order valence-corrected chi connectivity index (χ3v) is 3.03. The van der Waals surface area contributed by atoms with Crippen LogP contribution in [0.3, 0.4) is 0 Å². The summed E-state index contributed by atoms with van der Waals surface area (Å²) in [4.78, 5) is 11.7. The number of hydrogen-bond donors (Lipinski definition) is 0. The first kappa shape index (κ1) is 12.3. The molecule has 1 unspecified atom stereocenters. The summed E-state index contributed by atoms with van der Waals surface area (Å²) in [7, 11) is 0. The molecular weight excluding hydrogens is 188 g/mol. The molecule has 0 N–H and O–H groups in total. The van der Waals surface area contributed by atoms with Crippen LogP contribution in [-0.2, 0) is 9.53 Å². The molecule has 0 aromatic heterocycles. The van der Waals surface area contributed by atoms with E-state index in [2.05, 4.69) is 13.8 Å². The Bertz CT molecular complexity index is 264. The molecule has 1 atom stereocenters. The number of rotatable bonds is 2. The zero-order chi connectivity index (χ0) is 11.4. The Hall–Kier alpha value is -0.790. The molecule has 2 nitrogen and oxygen atoms in total. The van der Waals surface area contributed by atoms with Gasteiger partial charge in [0.2, 0.25) is 0 Å². The molecule has 0 fully saturated rings. The number of cyclic esters (lactones) is 1. The van der Waals surface area contributed by atoms with Crippen LogP contribution in [-0.4, -0.2) is 12.1 Å². The standard InChI is InChI=1S/C13H22O2/c1-9(2)8-12-7-5-6-10(3)11(4)13(14)15-12/h9,12H,5-8H2,1-4H3/b11-10-.